The maximum atomic E-state index is 12.6. The molecule has 2 rings (SSSR count). The molecular formula is C17H16Br2N2O4. The molecular weight excluding hydrogens is 456 g/mol. The molecule has 0 spiro atoms. The molecule has 2 aromatic carbocycles. The van der Waals surface area contributed by atoms with Gasteiger partial charge in [-0.1, -0.05) is 15.9 Å². The van der Waals surface area contributed by atoms with E-state index in [0.717, 1.165) is 4.47 Å². The van der Waals surface area contributed by atoms with Crippen LogP contribution in [0.5, 0.6) is 11.5 Å². The summed E-state index contributed by atoms with van der Waals surface area (Å²) >= 11 is 6.72. The largest absolute Gasteiger partial charge is 0.495 e. The minimum atomic E-state index is -0.367. The Morgan fingerprint density at radius 2 is 1.52 bits per heavy atom. The predicted molar refractivity (Wildman–Crippen MR) is 104 cm³/mol. The number of hydrogen-bond donors (Lipinski definition) is 2. The van der Waals surface area contributed by atoms with Crippen LogP contribution in [-0.2, 0) is 4.79 Å². The van der Waals surface area contributed by atoms with Crippen LogP contribution in [0.2, 0.25) is 0 Å². The van der Waals surface area contributed by atoms with E-state index < -0.39 is 0 Å². The molecule has 0 aliphatic carbocycles. The zero-order chi connectivity index (χ0) is 18.6. The van der Waals surface area contributed by atoms with Gasteiger partial charge < -0.3 is 20.1 Å². The van der Waals surface area contributed by atoms with Gasteiger partial charge in [0.05, 0.1) is 25.6 Å². The first-order valence-electron chi connectivity index (χ1n) is 7.15. The lowest BCUT2D eigenvalue weighted by Gasteiger charge is -2.14. The number of carbonyl (C=O) groups is 2. The van der Waals surface area contributed by atoms with E-state index >= 15 is 0 Å². The first kappa shape index (κ1) is 19.3. The molecule has 0 unspecified atom stereocenters. The third-order valence-corrected chi connectivity index (χ3v) is 4.52. The second-order valence-electron chi connectivity index (χ2n) is 5.02. The van der Waals surface area contributed by atoms with E-state index in [4.69, 9.17) is 9.47 Å². The van der Waals surface area contributed by atoms with Gasteiger partial charge in [-0.15, -0.1) is 0 Å². The molecule has 25 heavy (non-hydrogen) atoms. The van der Waals surface area contributed by atoms with Gasteiger partial charge >= 0.3 is 0 Å². The van der Waals surface area contributed by atoms with E-state index in [1.165, 1.54) is 21.1 Å². The molecule has 0 radical (unpaired) electrons. The number of rotatable bonds is 5. The average molecular weight is 472 g/mol. The van der Waals surface area contributed by atoms with Crippen molar-refractivity contribution in [1.29, 1.82) is 0 Å². The molecule has 8 heteroatoms. The number of nitrogens with one attached hydrogen (secondary N) is 2. The lowest BCUT2D eigenvalue weighted by molar-refractivity contribution is -0.114. The number of carbonyl (C=O) groups excluding carboxylic acids is 2. The van der Waals surface area contributed by atoms with Crippen molar-refractivity contribution in [2.24, 2.45) is 0 Å². The number of halogens is 2. The summed E-state index contributed by atoms with van der Waals surface area (Å²) in [5, 5.41) is 5.47. The fraction of sp³-hybridized carbons (Fsp3) is 0.176. The van der Waals surface area contributed by atoms with E-state index in [-0.39, 0.29) is 11.8 Å². The number of methoxy groups -OCH3 is 2. The highest BCUT2D eigenvalue weighted by atomic mass is 79.9. The number of hydrogen-bond acceptors (Lipinski definition) is 4. The quantitative estimate of drug-likeness (QED) is 0.675. The lowest BCUT2D eigenvalue weighted by atomic mass is 10.1. The van der Waals surface area contributed by atoms with Crippen molar-refractivity contribution in [3.63, 3.8) is 0 Å². The summed E-state index contributed by atoms with van der Waals surface area (Å²) in [5.41, 5.74) is 1.32. The molecule has 0 saturated heterocycles. The zero-order valence-corrected chi connectivity index (χ0v) is 16.9. The molecule has 0 bridgehead atoms. The Balaban J connectivity index is 2.37. The van der Waals surface area contributed by atoms with E-state index in [1.54, 1.807) is 30.3 Å². The van der Waals surface area contributed by atoms with Gasteiger partial charge in [-0.3, -0.25) is 9.59 Å². The van der Waals surface area contributed by atoms with Crippen molar-refractivity contribution < 1.29 is 19.1 Å². The van der Waals surface area contributed by atoms with Crippen LogP contribution < -0.4 is 20.1 Å². The standard InChI is InChI=1S/C17H16Br2N2O4/c1-9(22)20-12-5-4-11(18)8-13(12)21-17(23)10-6-14(24-2)16(19)15(7-10)25-3/h4-8H,1-3H3,(H,20,22)(H,21,23). The molecule has 0 aliphatic heterocycles. The third-order valence-electron chi connectivity index (χ3n) is 3.25. The minimum Gasteiger partial charge on any atom is -0.495 e. The van der Waals surface area contributed by atoms with Gasteiger partial charge in [0.1, 0.15) is 16.0 Å². The number of ether oxygens (including phenoxy) is 2. The Morgan fingerprint density at radius 1 is 0.920 bits per heavy atom. The van der Waals surface area contributed by atoms with Crippen LogP contribution in [0.15, 0.2) is 39.3 Å². The molecule has 0 atom stereocenters. The summed E-state index contributed by atoms with van der Waals surface area (Å²) in [6.45, 7) is 1.40. The summed E-state index contributed by atoms with van der Waals surface area (Å²) in [4.78, 5) is 24.0. The summed E-state index contributed by atoms with van der Waals surface area (Å²) < 4.78 is 11.9. The van der Waals surface area contributed by atoms with Crippen LogP contribution in [-0.4, -0.2) is 26.0 Å². The molecule has 0 heterocycles. The highest BCUT2D eigenvalue weighted by Gasteiger charge is 2.16. The maximum absolute atomic E-state index is 12.6. The van der Waals surface area contributed by atoms with Crippen LogP contribution in [0.3, 0.4) is 0 Å². The van der Waals surface area contributed by atoms with Gasteiger partial charge in [0, 0.05) is 17.0 Å². The van der Waals surface area contributed by atoms with Crippen molar-refractivity contribution in [2.75, 3.05) is 24.9 Å². The Labute approximate surface area is 162 Å². The Bertz CT molecular complexity index is 799. The summed E-state index contributed by atoms with van der Waals surface area (Å²) in [7, 11) is 3.01. The van der Waals surface area contributed by atoms with Crippen LogP contribution in [0, 0.1) is 0 Å². The monoisotopic (exact) mass is 470 g/mol. The SMILES string of the molecule is COc1cc(C(=O)Nc2cc(Br)ccc2NC(C)=O)cc(OC)c1Br. The predicted octanol–water partition coefficient (Wildman–Crippen LogP) is 4.44. The first-order valence-corrected chi connectivity index (χ1v) is 8.74. The summed E-state index contributed by atoms with van der Waals surface area (Å²) in [6.07, 6.45) is 0. The number of anilines is 2. The fourth-order valence-electron chi connectivity index (χ4n) is 2.11. The topological polar surface area (TPSA) is 76.7 Å². The molecule has 2 N–H and O–H groups in total. The Morgan fingerprint density at radius 3 is 2.04 bits per heavy atom. The average Bonchev–Trinajstić information content (AvgIpc) is 2.57. The maximum Gasteiger partial charge on any atom is 0.255 e. The van der Waals surface area contributed by atoms with Crippen LogP contribution in [0.4, 0.5) is 11.4 Å². The number of amides is 2. The van der Waals surface area contributed by atoms with Gasteiger partial charge in [0.15, 0.2) is 0 Å². The number of benzene rings is 2. The van der Waals surface area contributed by atoms with Gasteiger partial charge in [-0.05, 0) is 46.3 Å². The molecule has 2 amide bonds. The fourth-order valence-corrected chi connectivity index (χ4v) is 3.03. The minimum absolute atomic E-state index is 0.232. The highest BCUT2D eigenvalue weighted by Crippen LogP contribution is 2.36. The molecule has 0 saturated carbocycles. The first-order chi connectivity index (χ1) is 11.8. The van der Waals surface area contributed by atoms with Gasteiger partial charge in [-0.2, -0.15) is 0 Å². The summed E-state index contributed by atoms with van der Waals surface area (Å²) in [5.74, 6) is 0.347. The molecule has 0 fully saturated rings. The molecule has 0 aromatic heterocycles. The van der Waals surface area contributed by atoms with Crippen molar-refractivity contribution in [2.45, 2.75) is 6.92 Å². The van der Waals surface area contributed by atoms with Crippen LogP contribution in [0.1, 0.15) is 17.3 Å². The smallest absolute Gasteiger partial charge is 0.255 e. The zero-order valence-electron chi connectivity index (χ0n) is 13.8. The third kappa shape index (κ3) is 4.73. The van der Waals surface area contributed by atoms with Crippen molar-refractivity contribution in [3.05, 3.63) is 44.8 Å². The lowest BCUT2D eigenvalue weighted by Crippen LogP contribution is -2.15. The Hall–Kier alpha value is -2.06. The Kier molecular flexibility index (Phi) is 6.44. The van der Waals surface area contributed by atoms with Crippen molar-refractivity contribution in [3.8, 4) is 11.5 Å². The van der Waals surface area contributed by atoms with E-state index in [1.807, 2.05) is 0 Å². The van der Waals surface area contributed by atoms with Gasteiger partial charge in [0.2, 0.25) is 5.91 Å². The van der Waals surface area contributed by atoms with E-state index in [9.17, 15) is 9.59 Å². The summed E-state index contributed by atoms with van der Waals surface area (Å²) in [6, 6.07) is 8.36. The van der Waals surface area contributed by atoms with Crippen molar-refractivity contribution in [1.82, 2.24) is 0 Å². The molecule has 0 aliphatic rings. The van der Waals surface area contributed by atoms with Gasteiger partial charge in [0.25, 0.3) is 5.91 Å². The molecule has 132 valence electrons. The van der Waals surface area contributed by atoms with Crippen molar-refractivity contribution >= 4 is 55.0 Å². The second kappa shape index (κ2) is 8.35. The van der Waals surface area contributed by atoms with Crippen LogP contribution >= 0.6 is 31.9 Å². The van der Waals surface area contributed by atoms with E-state index in [0.29, 0.717) is 32.9 Å². The second-order valence-corrected chi connectivity index (χ2v) is 6.73. The molecule has 6 nitrogen and oxygen atoms in total. The highest BCUT2D eigenvalue weighted by molar-refractivity contribution is 9.11. The molecule has 2 aromatic rings. The normalized spacial score (nSPS) is 10.1. The van der Waals surface area contributed by atoms with Gasteiger partial charge in [-0.25, -0.2) is 0 Å². The van der Waals surface area contributed by atoms with Crippen LogP contribution in [0.25, 0.3) is 0 Å². The van der Waals surface area contributed by atoms with E-state index in [2.05, 4.69) is 42.5 Å².